The van der Waals surface area contributed by atoms with Crippen LogP contribution in [0.5, 0.6) is 0 Å². The van der Waals surface area contributed by atoms with Gasteiger partial charge in [-0.3, -0.25) is 9.59 Å². The van der Waals surface area contributed by atoms with Crippen molar-refractivity contribution in [3.63, 3.8) is 0 Å². The summed E-state index contributed by atoms with van der Waals surface area (Å²) in [5.41, 5.74) is 0. The second-order valence-electron chi connectivity index (χ2n) is 3.79. The summed E-state index contributed by atoms with van der Waals surface area (Å²) in [5.74, 6) is 0.0984. The minimum absolute atomic E-state index is 0.0728. The molecule has 0 aromatic carbocycles. The van der Waals surface area contributed by atoms with Crippen molar-refractivity contribution in [3.05, 3.63) is 29.1 Å². The van der Waals surface area contributed by atoms with Crippen molar-refractivity contribution >= 4 is 39.4 Å². The average molecular weight is 279 g/mol. The molecular weight excluding hydrogens is 266 g/mol. The van der Waals surface area contributed by atoms with Crippen molar-refractivity contribution in [1.82, 2.24) is 0 Å². The van der Waals surface area contributed by atoms with Gasteiger partial charge in [-0.2, -0.15) is 0 Å². The molecule has 0 spiro atoms. The number of hydrogen-bond acceptors (Lipinski definition) is 4. The molecule has 0 saturated carbocycles. The summed E-state index contributed by atoms with van der Waals surface area (Å²) in [7, 11) is 0. The van der Waals surface area contributed by atoms with E-state index in [9.17, 15) is 9.59 Å². The van der Waals surface area contributed by atoms with Gasteiger partial charge in [0, 0.05) is 23.1 Å². The molecule has 0 aliphatic rings. The van der Waals surface area contributed by atoms with Gasteiger partial charge in [0.2, 0.25) is 5.91 Å². The van der Waals surface area contributed by atoms with Crippen molar-refractivity contribution in [2.45, 2.75) is 20.3 Å². The molecule has 18 heavy (non-hydrogen) atoms. The Kier molecular flexibility index (Phi) is 3.93. The largest absolute Gasteiger partial charge is 0.318 e. The molecule has 0 unspecified atom stereocenters. The second kappa shape index (κ2) is 5.46. The van der Waals surface area contributed by atoms with Crippen LogP contribution in [-0.4, -0.2) is 11.7 Å². The van der Waals surface area contributed by atoms with Crippen LogP contribution in [0.4, 0.5) is 5.00 Å². The molecule has 2 rings (SSSR count). The van der Waals surface area contributed by atoms with Gasteiger partial charge >= 0.3 is 0 Å². The Hall–Kier alpha value is -1.46. The third-order valence-electron chi connectivity index (χ3n) is 2.35. The normalized spacial score (nSPS) is 10.3. The Morgan fingerprint density at radius 3 is 2.44 bits per heavy atom. The molecular formula is C13H13NO2S2. The molecule has 2 aromatic heterocycles. The number of Topliss-reactive ketones (excluding diaryl/α,β-unsaturated/α-hetero) is 1. The van der Waals surface area contributed by atoms with Gasteiger partial charge in [-0.25, -0.2) is 0 Å². The van der Waals surface area contributed by atoms with Gasteiger partial charge in [-0.1, -0.05) is 6.92 Å². The maximum absolute atomic E-state index is 11.6. The lowest BCUT2D eigenvalue weighted by atomic mass is 10.2. The highest BCUT2D eigenvalue weighted by Crippen LogP contribution is 2.36. The predicted molar refractivity (Wildman–Crippen MR) is 76.6 cm³/mol. The number of thiophene rings is 2. The number of anilines is 1. The number of nitrogens with one attached hydrogen (secondary N) is 1. The van der Waals surface area contributed by atoms with E-state index in [-0.39, 0.29) is 11.7 Å². The minimum atomic E-state index is -0.0728. The van der Waals surface area contributed by atoms with Crippen LogP contribution in [0.2, 0.25) is 0 Å². The zero-order valence-electron chi connectivity index (χ0n) is 10.1. The lowest BCUT2D eigenvalue weighted by Crippen LogP contribution is -2.03. The maximum atomic E-state index is 11.6. The fourth-order valence-corrected chi connectivity index (χ4v) is 3.56. The third kappa shape index (κ3) is 2.86. The number of rotatable bonds is 4. The highest BCUT2D eigenvalue weighted by molar-refractivity contribution is 7.25. The molecule has 0 aliphatic carbocycles. The van der Waals surface area contributed by atoms with Crippen LogP contribution in [0.3, 0.4) is 0 Å². The highest BCUT2D eigenvalue weighted by Gasteiger charge is 2.10. The summed E-state index contributed by atoms with van der Waals surface area (Å²) in [6.45, 7) is 3.35. The molecule has 2 aromatic rings. The Morgan fingerprint density at radius 2 is 1.78 bits per heavy atom. The fourth-order valence-electron chi connectivity index (χ4n) is 1.51. The summed E-state index contributed by atoms with van der Waals surface area (Å²) < 4.78 is 0. The van der Waals surface area contributed by atoms with Gasteiger partial charge in [-0.05, 0) is 24.3 Å². The van der Waals surface area contributed by atoms with Crippen LogP contribution >= 0.6 is 22.7 Å². The van der Waals surface area contributed by atoms with Gasteiger partial charge in [0.25, 0.3) is 0 Å². The average Bonchev–Trinajstić information content (AvgIpc) is 2.95. The molecule has 0 radical (unpaired) electrons. The van der Waals surface area contributed by atoms with E-state index in [0.29, 0.717) is 6.42 Å². The molecule has 0 bridgehead atoms. The van der Waals surface area contributed by atoms with Crippen LogP contribution < -0.4 is 5.32 Å². The molecule has 0 saturated heterocycles. The van der Waals surface area contributed by atoms with E-state index >= 15 is 0 Å². The maximum Gasteiger partial charge on any atom is 0.221 e. The standard InChI is InChI=1S/C13H13NO2S2/c1-3-9(16)10-4-5-11(17-10)12-6-7-13(18-12)14-8(2)15/h4-7H,3H2,1-2H3,(H,14,15). The van der Waals surface area contributed by atoms with Crippen molar-refractivity contribution < 1.29 is 9.59 Å². The fraction of sp³-hybridized carbons (Fsp3) is 0.231. The highest BCUT2D eigenvalue weighted by atomic mass is 32.1. The topological polar surface area (TPSA) is 46.2 Å². The van der Waals surface area contributed by atoms with E-state index in [1.165, 1.54) is 29.6 Å². The Balaban J connectivity index is 2.21. The quantitative estimate of drug-likeness (QED) is 0.859. The zero-order chi connectivity index (χ0) is 13.1. The molecule has 2 heterocycles. The number of carbonyl (C=O) groups is 2. The molecule has 5 heteroatoms. The molecule has 0 atom stereocenters. The summed E-state index contributed by atoms with van der Waals surface area (Å²) in [6.07, 6.45) is 0.529. The molecule has 94 valence electrons. The number of carbonyl (C=O) groups excluding carboxylic acids is 2. The zero-order valence-corrected chi connectivity index (χ0v) is 11.8. The monoisotopic (exact) mass is 279 g/mol. The van der Waals surface area contributed by atoms with Crippen molar-refractivity contribution in [1.29, 1.82) is 0 Å². The molecule has 0 fully saturated rings. The van der Waals surface area contributed by atoms with E-state index in [1.54, 1.807) is 0 Å². The lowest BCUT2D eigenvalue weighted by Gasteiger charge is -1.94. The summed E-state index contributed by atoms with van der Waals surface area (Å²) in [5, 5.41) is 3.58. The van der Waals surface area contributed by atoms with E-state index in [0.717, 1.165) is 19.6 Å². The van der Waals surface area contributed by atoms with E-state index < -0.39 is 0 Å². The molecule has 3 nitrogen and oxygen atoms in total. The summed E-state index contributed by atoms with van der Waals surface area (Å²) in [6, 6.07) is 7.66. The van der Waals surface area contributed by atoms with Gasteiger partial charge in [0.05, 0.1) is 9.88 Å². The van der Waals surface area contributed by atoms with Gasteiger partial charge in [0.15, 0.2) is 5.78 Å². The van der Waals surface area contributed by atoms with Crippen molar-refractivity contribution in [2.24, 2.45) is 0 Å². The number of ketones is 1. The van der Waals surface area contributed by atoms with E-state index in [4.69, 9.17) is 0 Å². The van der Waals surface area contributed by atoms with Crippen LogP contribution in [0.25, 0.3) is 9.75 Å². The third-order valence-corrected chi connectivity index (χ3v) is 4.67. The minimum Gasteiger partial charge on any atom is -0.318 e. The van der Waals surface area contributed by atoms with E-state index in [2.05, 4.69) is 5.32 Å². The van der Waals surface area contributed by atoms with Crippen molar-refractivity contribution in [3.8, 4) is 9.75 Å². The number of hydrogen-bond donors (Lipinski definition) is 1. The second-order valence-corrected chi connectivity index (χ2v) is 5.95. The van der Waals surface area contributed by atoms with Crippen LogP contribution in [0, 0.1) is 0 Å². The first-order chi connectivity index (χ1) is 8.60. The van der Waals surface area contributed by atoms with Crippen molar-refractivity contribution in [2.75, 3.05) is 5.32 Å². The lowest BCUT2D eigenvalue weighted by molar-refractivity contribution is -0.114. The Labute approximate surface area is 113 Å². The molecule has 1 N–H and O–H groups in total. The molecule has 0 aliphatic heterocycles. The van der Waals surface area contributed by atoms with Crippen LogP contribution in [0.15, 0.2) is 24.3 Å². The van der Waals surface area contributed by atoms with E-state index in [1.807, 2.05) is 31.2 Å². The Bertz CT molecular complexity index is 583. The first-order valence-electron chi connectivity index (χ1n) is 5.61. The molecule has 1 amide bonds. The predicted octanol–water partition coefficient (Wildman–Crippen LogP) is 4.03. The van der Waals surface area contributed by atoms with Gasteiger partial charge < -0.3 is 5.32 Å². The van der Waals surface area contributed by atoms with Crippen LogP contribution in [-0.2, 0) is 4.79 Å². The Morgan fingerprint density at radius 1 is 1.11 bits per heavy atom. The number of amides is 1. The summed E-state index contributed by atoms with van der Waals surface area (Å²) >= 11 is 3.01. The SMILES string of the molecule is CCC(=O)c1ccc(-c2ccc(NC(C)=O)s2)s1. The smallest absolute Gasteiger partial charge is 0.221 e. The van der Waals surface area contributed by atoms with Gasteiger partial charge in [0.1, 0.15) is 0 Å². The first kappa shape index (κ1) is 13.0. The summed E-state index contributed by atoms with van der Waals surface area (Å²) in [4.78, 5) is 25.4. The van der Waals surface area contributed by atoms with Crippen LogP contribution in [0.1, 0.15) is 29.9 Å². The first-order valence-corrected chi connectivity index (χ1v) is 7.24. The van der Waals surface area contributed by atoms with Gasteiger partial charge in [-0.15, -0.1) is 22.7 Å².